The minimum atomic E-state index is -3.34. The first-order valence-corrected chi connectivity index (χ1v) is 11.8. The molecule has 0 aliphatic carbocycles. The zero-order valence-electron chi connectivity index (χ0n) is 17.3. The zero-order valence-corrected chi connectivity index (χ0v) is 18.1. The van der Waals surface area contributed by atoms with Crippen LogP contribution in [0.25, 0.3) is 10.8 Å². The van der Waals surface area contributed by atoms with E-state index in [1.54, 1.807) is 36.4 Å². The molecule has 3 rings (SSSR count). The van der Waals surface area contributed by atoms with E-state index in [1.807, 2.05) is 6.92 Å². The summed E-state index contributed by atoms with van der Waals surface area (Å²) >= 11 is 0. The third kappa shape index (κ3) is 6.11. The van der Waals surface area contributed by atoms with E-state index in [9.17, 15) is 23.4 Å². The van der Waals surface area contributed by atoms with Crippen LogP contribution in [0.1, 0.15) is 35.7 Å². The molecule has 0 aliphatic rings. The maximum atomic E-state index is 12.5. The van der Waals surface area contributed by atoms with Crippen LogP contribution in [0, 0.1) is 0 Å². The number of nitrogens with one attached hydrogen (secondary N) is 2. The number of anilines is 1. The van der Waals surface area contributed by atoms with Crippen LogP contribution in [0.3, 0.4) is 0 Å². The molecule has 0 heterocycles. The number of fused-ring (bicyclic) bond motifs is 1. The highest BCUT2D eigenvalue weighted by atomic mass is 32.2. The Labute approximate surface area is 181 Å². The van der Waals surface area contributed by atoms with Crippen LogP contribution in [0.5, 0.6) is 11.5 Å². The smallest absolute Gasteiger partial charge is 0.255 e. The molecule has 164 valence electrons. The molecule has 4 N–H and O–H groups in total. The number of aromatic hydroxyl groups is 2. The summed E-state index contributed by atoms with van der Waals surface area (Å²) in [5, 5.41) is 23.9. The van der Waals surface area contributed by atoms with Crippen LogP contribution in [-0.2, 0) is 16.4 Å². The van der Waals surface area contributed by atoms with Gasteiger partial charge in [0.05, 0.1) is 11.3 Å². The van der Waals surface area contributed by atoms with E-state index in [4.69, 9.17) is 0 Å². The number of benzene rings is 3. The van der Waals surface area contributed by atoms with Crippen molar-refractivity contribution in [2.75, 3.05) is 17.0 Å². The molecule has 1 amide bonds. The highest BCUT2D eigenvalue weighted by Gasteiger charge is 2.13. The Bertz CT molecular complexity index is 1170. The van der Waals surface area contributed by atoms with E-state index >= 15 is 0 Å². The molecular formula is C23H26N2O5S. The highest BCUT2D eigenvalue weighted by molar-refractivity contribution is 7.92. The first-order chi connectivity index (χ1) is 14.8. The number of unbranched alkanes of at least 4 members (excludes halogenated alkanes) is 1. The topological polar surface area (TPSA) is 116 Å². The molecule has 8 heteroatoms. The Morgan fingerprint density at radius 2 is 1.71 bits per heavy atom. The number of phenols is 2. The summed E-state index contributed by atoms with van der Waals surface area (Å²) in [5.74, 6) is -0.363. The molecule has 3 aromatic rings. The highest BCUT2D eigenvalue weighted by Crippen LogP contribution is 2.27. The molecule has 31 heavy (non-hydrogen) atoms. The van der Waals surface area contributed by atoms with E-state index in [-0.39, 0.29) is 22.8 Å². The number of amides is 1. The van der Waals surface area contributed by atoms with E-state index in [1.165, 1.54) is 18.2 Å². The SMILES string of the molecule is CCCCS(=O)(=O)Nc1ccc(CCNC(=O)c2cc3cc(O)ccc3cc2O)cc1. The number of hydrogen-bond acceptors (Lipinski definition) is 5. The van der Waals surface area contributed by atoms with Crippen molar-refractivity contribution in [3.05, 3.63) is 65.7 Å². The number of sulfonamides is 1. The average molecular weight is 443 g/mol. The minimum absolute atomic E-state index is 0.0839. The fourth-order valence-electron chi connectivity index (χ4n) is 3.17. The van der Waals surface area contributed by atoms with Gasteiger partial charge in [0, 0.05) is 12.2 Å². The van der Waals surface area contributed by atoms with Gasteiger partial charge in [0.15, 0.2) is 0 Å². The third-order valence-electron chi connectivity index (χ3n) is 4.88. The van der Waals surface area contributed by atoms with Crippen molar-refractivity contribution in [1.29, 1.82) is 0 Å². The first-order valence-electron chi connectivity index (χ1n) is 10.1. The molecule has 0 atom stereocenters. The maximum absolute atomic E-state index is 12.5. The van der Waals surface area contributed by atoms with E-state index in [2.05, 4.69) is 10.0 Å². The summed E-state index contributed by atoms with van der Waals surface area (Å²) in [4.78, 5) is 12.5. The lowest BCUT2D eigenvalue weighted by atomic mass is 10.0. The summed E-state index contributed by atoms with van der Waals surface area (Å²) < 4.78 is 26.5. The fraction of sp³-hybridized carbons (Fsp3) is 0.261. The largest absolute Gasteiger partial charge is 0.508 e. The summed E-state index contributed by atoms with van der Waals surface area (Å²) in [6.45, 7) is 2.28. The maximum Gasteiger partial charge on any atom is 0.255 e. The van der Waals surface area contributed by atoms with Gasteiger partial charge in [-0.15, -0.1) is 0 Å². The normalized spacial score (nSPS) is 11.4. The quantitative estimate of drug-likeness (QED) is 0.403. The number of carbonyl (C=O) groups excluding carboxylic acids is 1. The standard InChI is InChI=1S/C23H26N2O5S/c1-2-3-12-31(29,30)25-19-7-4-16(5-8-19)10-11-24-23(28)21-14-18-13-20(26)9-6-17(18)15-22(21)27/h4-9,13-15,25-27H,2-3,10-12H2,1H3,(H,24,28). The van der Waals surface area contributed by atoms with Crippen LogP contribution >= 0.6 is 0 Å². The van der Waals surface area contributed by atoms with Gasteiger partial charge in [0.25, 0.3) is 5.91 Å². The second-order valence-electron chi connectivity index (χ2n) is 7.38. The number of hydrogen-bond donors (Lipinski definition) is 4. The minimum Gasteiger partial charge on any atom is -0.508 e. The lowest BCUT2D eigenvalue weighted by Gasteiger charge is -2.10. The van der Waals surface area contributed by atoms with Crippen LogP contribution in [0.2, 0.25) is 0 Å². The molecular weight excluding hydrogens is 416 g/mol. The second-order valence-corrected chi connectivity index (χ2v) is 9.22. The van der Waals surface area contributed by atoms with E-state index < -0.39 is 15.9 Å². The lowest BCUT2D eigenvalue weighted by molar-refractivity contribution is 0.0951. The van der Waals surface area contributed by atoms with Gasteiger partial charge in [-0.2, -0.15) is 0 Å². The predicted octanol–water partition coefficient (Wildman–Crippen LogP) is 3.77. The molecule has 0 bridgehead atoms. The molecule has 0 saturated carbocycles. The van der Waals surface area contributed by atoms with E-state index in [0.29, 0.717) is 30.5 Å². The van der Waals surface area contributed by atoms with Crippen LogP contribution in [0.4, 0.5) is 5.69 Å². The number of carbonyl (C=O) groups is 1. The van der Waals surface area contributed by atoms with Crippen molar-refractivity contribution < 1.29 is 23.4 Å². The zero-order chi connectivity index (χ0) is 22.4. The second kappa shape index (κ2) is 9.70. The molecule has 0 saturated heterocycles. The Morgan fingerprint density at radius 1 is 0.968 bits per heavy atom. The predicted molar refractivity (Wildman–Crippen MR) is 122 cm³/mol. The molecule has 3 aromatic carbocycles. The molecule has 0 aromatic heterocycles. The summed E-state index contributed by atoms with van der Waals surface area (Å²) in [6, 6.07) is 14.8. The van der Waals surface area contributed by atoms with Gasteiger partial charge in [-0.3, -0.25) is 9.52 Å². The fourth-order valence-corrected chi connectivity index (χ4v) is 4.44. The lowest BCUT2D eigenvalue weighted by Crippen LogP contribution is -2.25. The van der Waals surface area contributed by atoms with Gasteiger partial charge in [-0.25, -0.2) is 8.42 Å². The van der Waals surface area contributed by atoms with Crippen molar-refractivity contribution in [1.82, 2.24) is 5.32 Å². The van der Waals surface area contributed by atoms with Crippen LogP contribution in [0.15, 0.2) is 54.6 Å². The number of phenolic OH excluding ortho intramolecular Hbond substituents is 2. The van der Waals surface area contributed by atoms with Gasteiger partial charge >= 0.3 is 0 Å². The van der Waals surface area contributed by atoms with Crippen molar-refractivity contribution >= 4 is 32.4 Å². The van der Waals surface area contributed by atoms with Gasteiger partial charge in [-0.1, -0.05) is 31.5 Å². The Kier molecular flexibility index (Phi) is 7.02. The molecule has 0 spiro atoms. The van der Waals surface area contributed by atoms with Crippen LogP contribution < -0.4 is 10.0 Å². The molecule has 7 nitrogen and oxygen atoms in total. The van der Waals surface area contributed by atoms with Crippen molar-refractivity contribution in [2.45, 2.75) is 26.2 Å². The van der Waals surface area contributed by atoms with E-state index in [0.717, 1.165) is 17.4 Å². The van der Waals surface area contributed by atoms with Crippen molar-refractivity contribution in [3.63, 3.8) is 0 Å². The molecule has 0 unspecified atom stereocenters. The third-order valence-corrected chi connectivity index (χ3v) is 6.25. The first kappa shape index (κ1) is 22.4. The Hall–Kier alpha value is -3.26. The van der Waals surface area contributed by atoms with Gasteiger partial charge in [0.1, 0.15) is 11.5 Å². The molecule has 0 radical (unpaired) electrons. The number of rotatable bonds is 9. The van der Waals surface area contributed by atoms with Gasteiger partial charge < -0.3 is 15.5 Å². The van der Waals surface area contributed by atoms with Gasteiger partial charge in [0.2, 0.25) is 10.0 Å². The van der Waals surface area contributed by atoms with Crippen LogP contribution in [-0.4, -0.2) is 36.8 Å². The Morgan fingerprint density at radius 3 is 2.42 bits per heavy atom. The van der Waals surface area contributed by atoms with Crippen molar-refractivity contribution in [2.24, 2.45) is 0 Å². The van der Waals surface area contributed by atoms with Gasteiger partial charge in [-0.05, 0) is 65.6 Å². The summed E-state index contributed by atoms with van der Waals surface area (Å²) in [7, 11) is -3.34. The monoisotopic (exact) mass is 442 g/mol. The summed E-state index contributed by atoms with van der Waals surface area (Å²) in [5.41, 5.74) is 1.58. The summed E-state index contributed by atoms with van der Waals surface area (Å²) in [6.07, 6.45) is 1.97. The Balaban J connectivity index is 1.57. The van der Waals surface area contributed by atoms with Crippen molar-refractivity contribution in [3.8, 4) is 11.5 Å². The average Bonchev–Trinajstić information content (AvgIpc) is 2.73. The molecule has 0 aliphatic heterocycles. The molecule has 0 fully saturated rings.